The molecule has 1 heterocycles. The maximum absolute atomic E-state index is 12.2. The molecule has 5 nitrogen and oxygen atoms in total. The zero-order valence-corrected chi connectivity index (χ0v) is 17.5. The summed E-state index contributed by atoms with van der Waals surface area (Å²) in [6.07, 6.45) is 2.00. The number of hydrogen-bond donors (Lipinski definition) is 1. The van der Waals surface area contributed by atoms with Crippen LogP contribution < -0.4 is 14.8 Å². The molecule has 0 aliphatic heterocycles. The summed E-state index contributed by atoms with van der Waals surface area (Å²) in [5.74, 6) is 1.40. The first-order valence-corrected chi connectivity index (χ1v) is 10.1. The number of aryl methyl sites for hydroxylation is 1. The molecule has 3 aromatic rings. The van der Waals surface area contributed by atoms with E-state index in [2.05, 4.69) is 39.0 Å². The zero-order valence-electron chi connectivity index (χ0n) is 14.5. The van der Waals surface area contributed by atoms with E-state index in [4.69, 9.17) is 9.47 Å². The SMILES string of the molecule is COc1ccc(CCCC(=O)Nc2nc3ccc(I)cc3s2)cc1OC. The van der Waals surface area contributed by atoms with Crippen molar-refractivity contribution in [3.63, 3.8) is 0 Å². The summed E-state index contributed by atoms with van der Waals surface area (Å²) >= 11 is 3.77. The summed E-state index contributed by atoms with van der Waals surface area (Å²) in [5, 5.41) is 3.55. The average Bonchev–Trinajstić information content (AvgIpc) is 3.02. The van der Waals surface area contributed by atoms with Crippen molar-refractivity contribution in [3.05, 3.63) is 45.5 Å². The van der Waals surface area contributed by atoms with Crippen LogP contribution in [0, 0.1) is 3.57 Å². The maximum atomic E-state index is 12.2. The van der Waals surface area contributed by atoms with Gasteiger partial charge >= 0.3 is 0 Å². The summed E-state index contributed by atoms with van der Waals surface area (Å²) in [5.41, 5.74) is 2.03. The van der Waals surface area contributed by atoms with Crippen LogP contribution >= 0.6 is 33.9 Å². The van der Waals surface area contributed by atoms with E-state index in [1.807, 2.05) is 30.3 Å². The lowest BCUT2D eigenvalue weighted by molar-refractivity contribution is -0.116. The van der Waals surface area contributed by atoms with Crippen LogP contribution in [-0.2, 0) is 11.2 Å². The highest BCUT2D eigenvalue weighted by Gasteiger charge is 2.09. The van der Waals surface area contributed by atoms with Gasteiger partial charge in [-0.2, -0.15) is 0 Å². The van der Waals surface area contributed by atoms with Crippen LogP contribution in [0.2, 0.25) is 0 Å². The fraction of sp³-hybridized carbons (Fsp3) is 0.263. The van der Waals surface area contributed by atoms with Crippen molar-refractivity contribution in [2.45, 2.75) is 19.3 Å². The van der Waals surface area contributed by atoms with Gasteiger partial charge in [0.05, 0.1) is 24.4 Å². The molecule has 1 aromatic heterocycles. The molecule has 0 atom stereocenters. The van der Waals surface area contributed by atoms with Crippen molar-refractivity contribution in [2.75, 3.05) is 19.5 Å². The van der Waals surface area contributed by atoms with Gasteiger partial charge in [0.15, 0.2) is 16.6 Å². The summed E-state index contributed by atoms with van der Waals surface area (Å²) in [4.78, 5) is 16.6. The number of fused-ring (bicyclic) bond motifs is 1. The van der Waals surface area contributed by atoms with Crippen LogP contribution in [0.25, 0.3) is 10.2 Å². The predicted molar refractivity (Wildman–Crippen MR) is 113 cm³/mol. The van der Waals surface area contributed by atoms with Gasteiger partial charge in [-0.05, 0) is 71.3 Å². The molecule has 0 fully saturated rings. The number of methoxy groups -OCH3 is 2. The number of anilines is 1. The van der Waals surface area contributed by atoms with Crippen molar-refractivity contribution in [1.82, 2.24) is 4.98 Å². The zero-order chi connectivity index (χ0) is 18.5. The Morgan fingerprint density at radius 1 is 1.15 bits per heavy atom. The molecule has 0 spiro atoms. The highest BCUT2D eigenvalue weighted by molar-refractivity contribution is 14.1. The number of nitrogens with zero attached hydrogens (tertiary/aromatic N) is 1. The first kappa shape index (κ1) is 18.9. The van der Waals surface area contributed by atoms with Crippen molar-refractivity contribution >= 4 is 55.2 Å². The van der Waals surface area contributed by atoms with Gasteiger partial charge in [0.1, 0.15) is 0 Å². The van der Waals surface area contributed by atoms with E-state index >= 15 is 0 Å². The van der Waals surface area contributed by atoms with Gasteiger partial charge in [-0.15, -0.1) is 0 Å². The Kier molecular flexibility index (Phi) is 6.31. The predicted octanol–water partition coefficient (Wildman–Crippen LogP) is 4.88. The van der Waals surface area contributed by atoms with Gasteiger partial charge in [0.25, 0.3) is 0 Å². The quantitative estimate of drug-likeness (QED) is 0.488. The normalized spacial score (nSPS) is 10.7. The molecule has 0 aliphatic carbocycles. The lowest BCUT2D eigenvalue weighted by Crippen LogP contribution is -2.11. The second kappa shape index (κ2) is 8.68. The minimum Gasteiger partial charge on any atom is -0.493 e. The van der Waals surface area contributed by atoms with Gasteiger partial charge in [-0.3, -0.25) is 4.79 Å². The third-order valence-corrected chi connectivity index (χ3v) is 5.52. The Balaban J connectivity index is 1.53. The maximum Gasteiger partial charge on any atom is 0.226 e. The summed E-state index contributed by atoms with van der Waals surface area (Å²) in [7, 11) is 3.24. The smallest absolute Gasteiger partial charge is 0.226 e. The fourth-order valence-corrected chi connectivity index (χ4v) is 4.25. The van der Waals surface area contributed by atoms with E-state index in [0.29, 0.717) is 23.1 Å². The first-order valence-electron chi connectivity index (χ1n) is 8.16. The van der Waals surface area contributed by atoms with E-state index in [1.54, 1.807) is 14.2 Å². The van der Waals surface area contributed by atoms with E-state index in [0.717, 1.165) is 32.2 Å². The monoisotopic (exact) mass is 482 g/mol. The molecule has 136 valence electrons. The fourth-order valence-electron chi connectivity index (χ4n) is 2.62. The lowest BCUT2D eigenvalue weighted by Gasteiger charge is -2.09. The van der Waals surface area contributed by atoms with Crippen LogP contribution in [-0.4, -0.2) is 25.1 Å². The van der Waals surface area contributed by atoms with E-state index in [-0.39, 0.29) is 5.91 Å². The van der Waals surface area contributed by atoms with E-state index < -0.39 is 0 Å². The molecule has 1 N–H and O–H groups in total. The second-order valence-corrected chi connectivity index (χ2v) is 8.00. The Morgan fingerprint density at radius 2 is 1.96 bits per heavy atom. The highest BCUT2D eigenvalue weighted by Crippen LogP contribution is 2.29. The molecule has 0 saturated heterocycles. The summed E-state index contributed by atoms with van der Waals surface area (Å²) in [6, 6.07) is 11.9. The molecule has 3 rings (SSSR count). The molecule has 0 aliphatic rings. The molecule has 26 heavy (non-hydrogen) atoms. The molecule has 0 saturated carbocycles. The molecule has 2 aromatic carbocycles. The van der Waals surface area contributed by atoms with Crippen molar-refractivity contribution in [3.8, 4) is 11.5 Å². The van der Waals surface area contributed by atoms with Crippen LogP contribution in [0.4, 0.5) is 5.13 Å². The number of thiazole rings is 1. The second-order valence-electron chi connectivity index (χ2n) is 5.72. The summed E-state index contributed by atoms with van der Waals surface area (Å²) in [6.45, 7) is 0. The summed E-state index contributed by atoms with van der Waals surface area (Å²) < 4.78 is 12.8. The molecule has 0 bridgehead atoms. The molecular weight excluding hydrogens is 463 g/mol. The molecule has 0 radical (unpaired) electrons. The highest BCUT2D eigenvalue weighted by atomic mass is 127. The van der Waals surface area contributed by atoms with E-state index in [1.165, 1.54) is 11.3 Å². The number of hydrogen-bond acceptors (Lipinski definition) is 5. The Labute approximate surface area is 169 Å². The largest absolute Gasteiger partial charge is 0.493 e. The number of ether oxygens (including phenoxy) is 2. The van der Waals surface area contributed by atoms with Gasteiger partial charge in [0.2, 0.25) is 5.91 Å². The average molecular weight is 482 g/mol. The topological polar surface area (TPSA) is 60.5 Å². The molecule has 1 amide bonds. The number of aromatic nitrogens is 1. The number of amides is 1. The van der Waals surface area contributed by atoms with E-state index in [9.17, 15) is 4.79 Å². The number of halogens is 1. The minimum atomic E-state index is -0.0146. The molecule has 7 heteroatoms. The van der Waals surface area contributed by atoms with Crippen molar-refractivity contribution in [2.24, 2.45) is 0 Å². The third-order valence-electron chi connectivity index (χ3n) is 3.91. The van der Waals surface area contributed by atoms with Crippen LogP contribution in [0.1, 0.15) is 18.4 Å². The number of nitrogens with one attached hydrogen (secondary N) is 1. The van der Waals surface area contributed by atoms with Crippen molar-refractivity contribution in [1.29, 1.82) is 0 Å². The van der Waals surface area contributed by atoms with Gasteiger partial charge in [-0.1, -0.05) is 17.4 Å². The number of carbonyl (C=O) groups excluding carboxylic acids is 1. The molecular formula is C19H19IN2O3S. The van der Waals surface area contributed by atoms with Crippen LogP contribution in [0.15, 0.2) is 36.4 Å². The number of benzene rings is 2. The third kappa shape index (κ3) is 4.64. The van der Waals surface area contributed by atoms with Crippen molar-refractivity contribution < 1.29 is 14.3 Å². The Bertz CT molecular complexity index is 926. The lowest BCUT2D eigenvalue weighted by atomic mass is 10.1. The molecule has 0 unspecified atom stereocenters. The van der Waals surface area contributed by atoms with Gasteiger partial charge < -0.3 is 14.8 Å². The Hall–Kier alpha value is -1.87. The number of rotatable bonds is 7. The van der Waals surface area contributed by atoms with Gasteiger partial charge in [-0.25, -0.2) is 4.98 Å². The standard InChI is InChI=1S/C19H19IN2O3S/c1-24-15-9-6-12(10-16(15)25-2)4-3-5-18(23)22-19-21-14-8-7-13(20)11-17(14)26-19/h6-11H,3-5H2,1-2H3,(H,21,22,23). The first-order chi connectivity index (χ1) is 12.6. The minimum absolute atomic E-state index is 0.0146. The number of carbonyl (C=O) groups is 1. The van der Waals surface area contributed by atoms with Crippen LogP contribution in [0.3, 0.4) is 0 Å². The van der Waals surface area contributed by atoms with Crippen LogP contribution in [0.5, 0.6) is 11.5 Å². The Morgan fingerprint density at radius 3 is 2.73 bits per heavy atom. The van der Waals surface area contributed by atoms with Gasteiger partial charge in [0, 0.05) is 9.99 Å².